The van der Waals surface area contributed by atoms with Gasteiger partial charge in [-0.3, -0.25) is 4.79 Å². The number of carbonyl (C=O) groups excluding carboxylic acids is 1. The first-order chi connectivity index (χ1) is 21.9. The average molecular weight is 656 g/mol. The van der Waals surface area contributed by atoms with Gasteiger partial charge < -0.3 is 16.4 Å². The smallest absolute Gasteiger partial charge is 0.240 e. The second-order valence-corrected chi connectivity index (χ2v) is 12.8. The Morgan fingerprint density at radius 3 is 2.04 bits per heavy atom. The summed E-state index contributed by atoms with van der Waals surface area (Å²) >= 11 is 0. The van der Waals surface area contributed by atoms with Crippen molar-refractivity contribution in [2.24, 2.45) is 16.8 Å². The van der Waals surface area contributed by atoms with Gasteiger partial charge in [-0.15, -0.1) is 0 Å². The van der Waals surface area contributed by atoms with E-state index >= 15 is 0 Å². The van der Waals surface area contributed by atoms with Crippen LogP contribution in [0.2, 0.25) is 0 Å². The fourth-order valence-corrected chi connectivity index (χ4v) is 5.86. The summed E-state index contributed by atoms with van der Waals surface area (Å²) in [5.41, 5.74) is 8.22. The molecule has 0 aliphatic heterocycles. The fourth-order valence-electron chi connectivity index (χ4n) is 4.83. The van der Waals surface area contributed by atoms with Crippen LogP contribution in [-0.2, 0) is 14.8 Å². The number of allylic oxidation sites excluding steroid dienone is 1. The summed E-state index contributed by atoms with van der Waals surface area (Å²) in [5, 5.41) is 6.04. The number of nitrogen functional groups attached to an aromatic ring is 1. The van der Waals surface area contributed by atoms with E-state index in [2.05, 4.69) is 26.9 Å². The first-order valence-electron chi connectivity index (χ1n) is 14.8. The molecule has 0 bridgehead atoms. The Balaban J connectivity index is 1.55. The highest BCUT2D eigenvalue weighted by Gasteiger charge is 2.28. The van der Waals surface area contributed by atoms with E-state index in [1.54, 1.807) is 31.2 Å². The number of benzene rings is 3. The van der Waals surface area contributed by atoms with Crippen LogP contribution in [0.15, 0.2) is 107 Å². The topological polar surface area (TPSA) is 126 Å². The molecule has 46 heavy (non-hydrogen) atoms. The molecule has 0 spiro atoms. The summed E-state index contributed by atoms with van der Waals surface area (Å²) in [7, 11) is -3.64. The van der Waals surface area contributed by atoms with Crippen molar-refractivity contribution in [1.29, 1.82) is 0 Å². The lowest BCUT2D eigenvalue weighted by molar-refractivity contribution is -0.124. The fraction of sp³-hybridized carbons (Fsp3) is 0.294. The minimum atomic E-state index is -3.64. The molecule has 3 rings (SSSR count). The molecular weight excluding hydrogens is 615 g/mol. The first kappa shape index (κ1) is 36.2. The van der Waals surface area contributed by atoms with Crippen molar-refractivity contribution in [3.05, 3.63) is 120 Å². The van der Waals surface area contributed by atoms with Gasteiger partial charge in [-0.25, -0.2) is 26.9 Å². The predicted molar refractivity (Wildman–Crippen MR) is 176 cm³/mol. The van der Waals surface area contributed by atoms with Crippen LogP contribution >= 0.6 is 0 Å². The number of sulfonamides is 1. The normalized spacial score (nSPS) is 13.6. The van der Waals surface area contributed by atoms with Crippen LogP contribution < -0.4 is 21.1 Å². The highest BCUT2D eigenvalue weighted by Crippen LogP contribution is 2.33. The number of nitrogens with zero attached hydrogens (tertiary/aromatic N) is 1. The zero-order valence-corrected chi connectivity index (χ0v) is 26.7. The van der Waals surface area contributed by atoms with Gasteiger partial charge in [0.2, 0.25) is 15.9 Å². The highest BCUT2D eigenvalue weighted by molar-refractivity contribution is 7.89. The molecular formula is C34H40F3N5O3S. The molecule has 0 aliphatic carbocycles. The van der Waals surface area contributed by atoms with Gasteiger partial charge in [0.1, 0.15) is 11.6 Å². The van der Waals surface area contributed by atoms with E-state index < -0.39 is 39.4 Å². The predicted octanol–water partition coefficient (Wildman–Crippen LogP) is 5.81. The molecule has 3 aromatic rings. The second-order valence-electron chi connectivity index (χ2n) is 11.1. The molecule has 3 aromatic carbocycles. The van der Waals surface area contributed by atoms with E-state index in [1.807, 2.05) is 6.92 Å². The van der Waals surface area contributed by atoms with Crippen molar-refractivity contribution in [1.82, 2.24) is 15.4 Å². The molecule has 0 saturated carbocycles. The molecule has 8 nitrogen and oxygen atoms in total. The van der Waals surface area contributed by atoms with Gasteiger partial charge in [0, 0.05) is 30.6 Å². The van der Waals surface area contributed by atoms with E-state index in [9.17, 15) is 26.4 Å². The molecule has 5 N–H and O–H groups in total. The minimum absolute atomic E-state index is 0.108. The Morgan fingerprint density at radius 2 is 1.50 bits per heavy atom. The second kappa shape index (κ2) is 17.4. The standard InChI is InChI=1S/C34H40F3N5O3S/c1-23(20-39-18-19-41-46(44,45)31-16-14-30(38)15-17-31)4-5-24(2)32(21-40-22-35)42-34(43)25(3)33(26-6-10-28(36)11-7-26)27-8-12-29(37)13-9-27/h6-17,21-23,25,33,39,41H,2,4-5,18-20,38H2,1,3H3,(H,42,43)/b32-21+,40-22?/t23-,25+/m1/s1. The summed E-state index contributed by atoms with van der Waals surface area (Å²) in [6.45, 7) is 9.10. The van der Waals surface area contributed by atoms with Crippen molar-refractivity contribution < 1.29 is 26.4 Å². The van der Waals surface area contributed by atoms with Gasteiger partial charge >= 0.3 is 0 Å². The number of rotatable bonds is 17. The number of amides is 1. The van der Waals surface area contributed by atoms with E-state index in [1.165, 1.54) is 54.7 Å². The molecule has 2 atom stereocenters. The van der Waals surface area contributed by atoms with Gasteiger partial charge in [0.25, 0.3) is 0 Å². The van der Waals surface area contributed by atoms with Crippen molar-refractivity contribution in [2.75, 3.05) is 25.4 Å². The average Bonchev–Trinajstić information content (AvgIpc) is 3.03. The SMILES string of the molecule is C=C(CC[C@@H](C)CNCCNS(=O)(=O)c1ccc(N)cc1)/C(=C\N=CF)NC(=O)[C@@H](C)C(c1ccc(F)cc1)c1ccc(F)cc1. The third kappa shape index (κ3) is 11.0. The molecule has 1 amide bonds. The lowest BCUT2D eigenvalue weighted by Gasteiger charge is -2.25. The summed E-state index contributed by atoms with van der Waals surface area (Å²) in [6.07, 6.45) is 2.32. The van der Waals surface area contributed by atoms with Crippen molar-refractivity contribution >= 4 is 28.1 Å². The molecule has 0 radical (unpaired) electrons. The number of aliphatic imine (C=N–C) groups is 1. The Hall–Kier alpha value is -4.26. The molecule has 0 heterocycles. The highest BCUT2D eigenvalue weighted by atomic mass is 32.2. The number of nitrogens with one attached hydrogen (secondary N) is 3. The van der Waals surface area contributed by atoms with Crippen LogP contribution in [0.3, 0.4) is 0 Å². The maximum Gasteiger partial charge on any atom is 0.240 e. The maximum atomic E-state index is 13.7. The first-order valence-corrected chi connectivity index (χ1v) is 16.3. The Morgan fingerprint density at radius 1 is 0.935 bits per heavy atom. The largest absolute Gasteiger partial charge is 0.399 e. The molecule has 12 heteroatoms. The van der Waals surface area contributed by atoms with E-state index in [0.717, 1.165) is 0 Å². The van der Waals surface area contributed by atoms with Crippen molar-refractivity contribution in [2.45, 2.75) is 37.5 Å². The zero-order chi connectivity index (χ0) is 33.7. The van der Waals surface area contributed by atoms with Crippen LogP contribution in [0.25, 0.3) is 0 Å². The lowest BCUT2D eigenvalue weighted by atomic mass is 9.81. The Kier molecular flexibility index (Phi) is 13.7. The Labute approximate surface area is 268 Å². The number of carbonyl (C=O) groups is 1. The lowest BCUT2D eigenvalue weighted by Crippen LogP contribution is -2.34. The van der Waals surface area contributed by atoms with E-state index in [4.69, 9.17) is 5.73 Å². The monoisotopic (exact) mass is 655 g/mol. The molecule has 246 valence electrons. The number of nitrogens with two attached hydrogens (primary N) is 1. The minimum Gasteiger partial charge on any atom is -0.399 e. The van der Waals surface area contributed by atoms with Crippen molar-refractivity contribution in [3.8, 4) is 0 Å². The van der Waals surface area contributed by atoms with Gasteiger partial charge in [-0.2, -0.15) is 4.39 Å². The van der Waals surface area contributed by atoms with Gasteiger partial charge in [0.05, 0.1) is 16.8 Å². The number of hydrogen-bond donors (Lipinski definition) is 4. The molecule has 0 unspecified atom stereocenters. The van der Waals surface area contributed by atoms with Gasteiger partial charge in [0.15, 0.2) is 6.47 Å². The summed E-state index contributed by atoms with van der Waals surface area (Å²) < 4.78 is 67.5. The molecule has 0 aliphatic rings. The van der Waals surface area contributed by atoms with E-state index in [0.29, 0.717) is 48.3 Å². The zero-order valence-electron chi connectivity index (χ0n) is 25.8. The molecule has 0 fully saturated rings. The van der Waals surface area contributed by atoms with Crippen LogP contribution in [0, 0.1) is 23.5 Å². The van der Waals surface area contributed by atoms with Crippen LogP contribution in [0.5, 0.6) is 0 Å². The van der Waals surface area contributed by atoms with Gasteiger partial charge in [-0.1, -0.05) is 44.7 Å². The third-order valence-electron chi connectivity index (χ3n) is 7.49. The Bertz CT molecular complexity index is 1570. The van der Waals surface area contributed by atoms with Crippen molar-refractivity contribution in [3.63, 3.8) is 0 Å². The van der Waals surface area contributed by atoms with Crippen LogP contribution in [-0.4, -0.2) is 40.4 Å². The number of hydrogen-bond acceptors (Lipinski definition) is 6. The summed E-state index contributed by atoms with van der Waals surface area (Å²) in [6, 6.07) is 17.5. The van der Waals surface area contributed by atoms with Crippen LogP contribution in [0.4, 0.5) is 18.9 Å². The van der Waals surface area contributed by atoms with Crippen LogP contribution in [0.1, 0.15) is 43.7 Å². The molecule has 0 aromatic heterocycles. The summed E-state index contributed by atoms with van der Waals surface area (Å²) in [5.74, 6) is -2.31. The quantitative estimate of drug-likeness (QED) is 0.0632. The third-order valence-corrected chi connectivity index (χ3v) is 8.96. The maximum absolute atomic E-state index is 13.7. The molecule has 0 saturated heterocycles. The summed E-state index contributed by atoms with van der Waals surface area (Å²) in [4.78, 5) is 17.2. The number of halogens is 3. The van der Waals surface area contributed by atoms with E-state index in [-0.39, 0.29) is 29.5 Å². The number of anilines is 1. The van der Waals surface area contributed by atoms with Gasteiger partial charge in [-0.05, 0) is 90.5 Å².